The van der Waals surface area contributed by atoms with Gasteiger partial charge in [-0.25, -0.2) is 4.79 Å². The SMILES string of the molecule is COC(=O)c1ccc(COc2ccc(C)c(C)c2)c(Br)c1. The van der Waals surface area contributed by atoms with E-state index in [2.05, 4.69) is 29.8 Å². The van der Waals surface area contributed by atoms with Gasteiger partial charge in [-0.1, -0.05) is 28.1 Å². The minimum Gasteiger partial charge on any atom is -0.489 e. The lowest BCUT2D eigenvalue weighted by Gasteiger charge is -2.10. The van der Waals surface area contributed by atoms with Crippen LogP contribution in [0, 0.1) is 13.8 Å². The Morgan fingerprint density at radius 2 is 1.86 bits per heavy atom. The fraction of sp³-hybridized carbons (Fsp3) is 0.235. The van der Waals surface area contributed by atoms with E-state index >= 15 is 0 Å². The zero-order valence-corrected chi connectivity index (χ0v) is 13.9. The molecule has 0 radical (unpaired) electrons. The molecule has 4 heteroatoms. The number of hydrogen-bond donors (Lipinski definition) is 0. The summed E-state index contributed by atoms with van der Waals surface area (Å²) in [4.78, 5) is 11.5. The molecule has 0 aliphatic rings. The van der Waals surface area contributed by atoms with Crippen molar-refractivity contribution in [1.82, 2.24) is 0 Å². The minimum atomic E-state index is -0.350. The Balaban J connectivity index is 2.09. The Morgan fingerprint density at radius 3 is 2.48 bits per heavy atom. The van der Waals surface area contributed by atoms with Gasteiger partial charge >= 0.3 is 5.97 Å². The van der Waals surface area contributed by atoms with E-state index in [0.717, 1.165) is 15.8 Å². The highest BCUT2D eigenvalue weighted by Crippen LogP contribution is 2.22. The van der Waals surface area contributed by atoms with Gasteiger partial charge in [0.25, 0.3) is 0 Å². The van der Waals surface area contributed by atoms with Gasteiger partial charge < -0.3 is 9.47 Å². The van der Waals surface area contributed by atoms with Crippen molar-refractivity contribution in [2.75, 3.05) is 7.11 Å². The van der Waals surface area contributed by atoms with Crippen molar-refractivity contribution in [3.05, 3.63) is 63.1 Å². The van der Waals surface area contributed by atoms with E-state index in [1.54, 1.807) is 12.1 Å². The van der Waals surface area contributed by atoms with Crippen LogP contribution in [-0.2, 0) is 11.3 Å². The number of methoxy groups -OCH3 is 1. The summed E-state index contributed by atoms with van der Waals surface area (Å²) in [7, 11) is 1.37. The molecular weight excluding hydrogens is 332 g/mol. The normalized spacial score (nSPS) is 10.3. The second-order valence-electron chi connectivity index (χ2n) is 4.83. The van der Waals surface area contributed by atoms with E-state index < -0.39 is 0 Å². The van der Waals surface area contributed by atoms with E-state index in [1.165, 1.54) is 18.2 Å². The van der Waals surface area contributed by atoms with Crippen LogP contribution in [0.1, 0.15) is 27.0 Å². The van der Waals surface area contributed by atoms with Gasteiger partial charge in [0.2, 0.25) is 0 Å². The maximum atomic E-state index is 11.5. The summed E-state index contributed by atoms with van der Waals surface area (Å²) in [6.07, 6.45) is 0. The van der Waals surface area contributed by atoms with E-state index in [0.29, 0.717) is 12.2 Å². The molecule has 110 valence electrons. The number of rotatable bonds is 4. The van der Waals surface area contributed by atoms with Crippen LogP contribution in [-0.4, -0.2) is 13.1 Å². The van der Waals surface area contributed by atoms with Crippen molar-refractivity contribution < 1.29 is 14.3 Å². The van der Waals surface area contributed by atoms with Gasteiger partial charge in [0.05, 0.1) is 12.7 Å². The first-order valence-corrected chi connectivity index (χ1v) is 7.37. The van der Waals surface area contributed by atoms with Gasteiger partial charge in [-0.2, -0.15) is 0 Å². The van der Waals surface area contributed by atoms with Gasteiger partial charge in [-0.15, -0.1) is 0 Å². The molecule has 0 aliphatic heterocycles. The van der Waals surface area contributed by atoms with Gasteiger partial charge in [-0.3, -0.25) is 0 Å². The standard InChI is InChI=1S/C17H17BrO3/c1-11-4-7-15(8-12(11)2)21-10-14-6-5-13(9-16(14)18)17(19)20-3/h4-9H,10H2,1-3H3. The largest absolute Gasteiger partial charge is 0.489 e. The van der Waals surface area contributed by atoms with Crippen LogP contribution < -0.4 is 4.74 Å². The lowest BCUT2D eigenvalue weighted by molar-refractivity contribution is 0.0600. The molecule has 0 aliphatic carbocycles. The molecule has 0 saturated carbocycles. The Bertz CT molecular complexity index is 665. The van der Waals surface area contributed by atoms with Crippen LogP contribution in [0.4, 0.5) is 0 Å². The molecule has 0 spiro atoms. The number of aryl methyl sites for hydroxylation is 2. The molecule has 0 atom stereocenters. The summed E-state index contributed by atoms with van der Waals surface area (Å²) >= 11 is 3.46. The maximum absolute atomic E-state index is 11.5. The summed E-state index contributed by atoms with van der Waals surface area (Å²) in [5.41, 5.74) is 3.93. The Hall–Kier alpha value is -1.81. The monoisotopic (exact) mass is 348 g/mol. The molecule has 0 N–H and O–H groups in total. The average molecular weight is 349 g/mol. The molecule has 3 nitrogen and oxygen atoms in total. The van der Waals surface area contributed by atoms with E-state index in [4.69, 9.17) is 9.47 Å². The Labute approximate surface area is 133 Å². The molecule has 0 heterocycles. The zero-order valence-electron chi connectivity index (χ0n) is 12.3. The van der Waals surface area contributed by atoms with E-state index in [9.17, 15) is 4.79 Å². The molecule has 21 heavy (non-hydrogen) atoms. The summed E-state index contributed by atoms with van der Waals surface area (Å²) < 4.78 is 11.3. The molecule has 0 bridgehead atoms. The predicted molar refractivity (Wildman–Crippen MR) is 85.7 cm³/mol. The van der Waals surface area contributed by atoms with Crippen molar-refractivity contribution in [1.29, 1.82) is 0 Å². The minimum absolute atomic E-state index is 0.350. The summed E-state index contributed by atoms with van der Waals surface area (Å²) in [5, 5.41) is 0. The van der Waals surface area contributed by atoms with Crippen molar-refractivity contribution in [3.8, 4) is 5.75 Å². The second-order valence-corrected chi connectivity index (χ2v) is 5.69. The van der Waals surface area contributed by atoms with E-state index in [-0.39, 0.29) is 5.97 Å². The van der Waals surface area contributed by atoms with Crippen molar-refractivity contribution in [2.45, 2.75) is 20.5 Å². The first kappa shape index (κ1) is 15.6. The van der Waals surface area contributed by atoms with Gasteiger partial charge in [0, 0.05) is 10.0 Å². The average Bonchev–Trinajstić information content (AvgIpc) is 2.48. The second kappa shape index (κ2) is 6.76. The molecular formula is C17H17BrO3. The molecule has 2 aromatic carbocycles. The lowest BCUT2D eigenvalue weighted by Crippen LogP contribution is -2.03. The van der Waals surface area contributed by atoms with Crippen molar-refractivity contribution in [3.63, 3.8) is 0 Å². The predicted octanol–water partition coefficient (Wildman–Crippen LogP) is 4.43. The molecule has 0 saturated heterocycles. The number of carbonyl (C=O) groups excluding carboxylic acids is 1. The van der Waals surface area contributed by atoms with E-state index in [1.807, 2.05) is 24.3 Å². The number of esters is 1. The van der Waals surface area contributed by atoms with Gasteiger partial charge in [0.15, 0.2) is 0 Å². The molecule has 2 rings (SSSR count). The maximum Gasteiger partial charge on any atom is 0.337 e. The number of hydrogen-bond acceptors (Lipinski definition) is 3. The third-order valence-electron chi connectivity index (χ3n) is 3.35. The van der Waals surface area contributed by atoms with Crippen LogP contribution in [0.15, 0.2) is 40.9 Å². The Kier molecular flexibility index (Phi) is 5.02. The highest BCUT2D eigenvalue weighted by Gasteiger charge is 2.09. The number of ether oxygens (including phenoxy) is 2. The lowest BCUT2D eigenvalue weighted by atomic mass is 10.1. The highest BCUT2D eigenvalue weighted by molar-refractivity contribution is 9.10. The van der Waals surface area contributed by atoms with Crippen LogP contribution >= 0.6 is 15.9 Å². The summed E-state index contributed by atoms with van der Waals surface area (Å²) in [5.74, 6) is 0.486. The zero-order chi connectivity index (χ0) is 15.4. The quantitative estimate of drug-likeness (QED) is 0.766. The smallest absolute Gasteiger partial charge is 0.337 e. The van der Waals surface area contributed by atoms with Crippen LogP contribution in [0.2, 0.25) is 0 Å². The fourth-order valence-corrected chi connectivity index (χ4v) is 2.37. The van der Waals surface area contributed by atoms with Gasteiger partial charge in [0.1, 0.15) is 12.4 Å². The van der Waals surface area contributed by atoms with Crippen molar-refractivity contribution >= 4 is 21.9 Å². The van der Waals surface area contributed by atoms with Crippen LogP contribution in [0.5, 0.6) is 5.75 Å². The fourth-order valence-electron chi connectivity index (χ4n) is 1.87. The molecule has 0 fully saturated rings. The number of benzene rings is 2. The third-order valence-corrected chi connectivity index (χ3v) is 4.09. The van der Waals surface area contributed by atoms with Crippen LogP contribution in [0.25, 0.3) is 0 Å². The first-order valence-electron chi connectivity index (χ1n) is 6.58. The highest BCUT2D eigenvalue weighted by atomic mass is 79.9. The van der Waals surface area contributed by atoms with Crippen molar-refractivity contribution in [2.24, 2.45) is 0 Å². The summed E-state index contributed by atoms with van der Waals surface area (Å²) in [6, 6.07) is 11.4. The van der Waals surface area contributed by atoms with Crippen LogP contribution in [0.3, 0.4) is 0 Å². The topological polar surface area (TPSA) is 35.5 Å². The molecule has 2 aromatic rings. The Morgan fingerprint density at radius 1 is 1.10 bits per heavy atom. The van der Waals surface area contributed by atoms with Gasteiger partial charge in [-0.05, 0) is 49.2 Å². The molecule has 0 unspecified atom stereocenters. The molecule has 0 amide bonds. The summed E-state index contributed by atoms with van der Waals surface area (Å²) in [6.45, 7) is 4.56. The third kappa shape index (κ3) is 3.85. The number of carbonyl (C=O) groups is 1. The number of halogens is 1. The first-order chi connectivity index (χ1) is 10.0. The molecule has 0 aromatic heterocycles.